The van der Waals surface area contributed by atoms with Crippen molar-refractivity contribution in [2.75, 3.05) is 12.4 Å². The standard InChI is InChI=1S/C22H23N3O7S/c1-13-20(15(3)32-24-13)33(28,29)25-14(2)22(27)31-17-11-9-16(10-12-17)23-21(26)18-7-5-6-8-19(18)30-4/h5-12,14,25H,1-4H3,(H,23,26)/t14-/m0/s1. The van der Waals surface area contributed by atoms with Crippen LogP contribution in [0.5, 0.6) is 11.5 Å². The SMILES string of the molecule is COc1ccccc1C(=O)Nc1ccc(OC(=O)[C@H](C)NS(=O)(=O)c2c(C)noc2C)cc1. The summed E-state index contributed by atoms with van der Waals surface area (Å²) in [6.45, 7) is 4.31. The molecule has 1 heterocycles. The molecule has 33 heavy (non-hydrogen) atoms. The van der Waals surface area contributed by atoms with Gasteiger partial charge in [0.25, 0.3) is 5.91 Å². The fourth-order valence-electron chi connectivity index (χ4n) is 3.04. The molecule has 0 spiro atoms. The van der Waals surface area contributed by atoms with Crippen molar-refractivity contribution in [2.24, 2.45) is 0 Å². The van der Waals surface area contributed by atoms with Crippen LogP contribution in [0.2, 0.25) is 0 Å². The number of benzene rings is 2. The van der Waals surface area contributed by atoms with E-state index in [1.54, 1.807) is 36.4 Å². The van der Waals surface area contributed by atoms with E-state index in [4.69, 9.17) is 14.0 Å². The lowest BCUT2D eigenvalue weighted by Crippen LogP contribution is -2.41. The first-order valence-electron chi connectivity index (χ1n) is 9.83. The molecule has 11 heteroatoms. The predicted molar refractivity (Wildman–Crippen MR) is 119 cm³/mol. The van der Waals surface area contributed by atoms with Gasteiger partial charge in [0, 0.05) is 5.69 Å². The molecule has 1 amide bonds. The first-order valence-corrected chi connectivity index (χ1v) is 11.3. The molecule has 3 aromatic rings. The summed E-state index contributed by atoms with van der Waals surface area (Å²) < 4.78 is 42.6. The highest BCUT2D eigenvalue weighted by Crippen LogP contribution is 2.22. The Morgan fingerprint density at radius 3 is 2.33 bits per heavy atom. The van der Waals surface area contributed by atoms with Crippen LogP contribution < -0.4 is 19.5 Å². The monoisotopic (exact) mass is 473 g/mol. The van der Waals surface area contributed by atoms with Crippen molar-refractivity contribution in [3.05, 3.63) is 65.5 Å². The molecule has 0 bridgehead atoms. The third-order valence-electron chi connectivity index (χ3n) is 4.60. The normalized spacial score (nSPS) is 12.1. The molecule has 174 valence electrons. The lowest BCUT2D eigenvalue weighted by molar-refractivity contribution is -0.135. The van der Waals surface area contributed by atoms with Crippen molar-refractivity contribution in [3.8, 4) is 11.5 Å². The average molecular weight is 474 g/mol. The number of sulfonamides is 1. The van der Waals surface area contributed by atoms with E-state index in [-0.39, 0.29) is 28.0 Å². The van der Waals surface area contributed by atoms with Gasteiger partial charge in [0.05, 0.1) is 12.7 Å². The number of nitrogens with one attached hydrogen (secondary N) is 2. The van der Waals surface area contributed by atoms with Crippen LogP contribution in [0, 0.1) is 13.8 Å². The Labute approximate surface area is 190 Å². The molecule has 0 aliphatic rings. The van der Waals surface area contributed by atoms with Crippen LogP contribution in [0.25, 0.3) is 0 Å². The number of anilines is 1. The van der Waals surface area contributed by atoms with Crippen molar-refractivity contribution in [2.45, 2.75) is 31.7 Å². The molecule has 3 rings (SSSR count). The van der Waals surface area contributed by atoms with Gasteiger partial charge in [0.1, 0.15) is 28.1 Å². The summed E-state index contributed by atoms with van der Waals surface area (Å²) >= 11 is 0. The maximum Gasteiger partial charge on any atom is 0.329 e. The van der Waals surface area contributed by atoms with Crippen LogP contribution in [0.15, 0.2) is 57.9 Å². The van der Waals surface area contributed by atoms with Crippen LogP contribution >= 0.6 is 0 Å². The van der Waals surface area contributed by atoms with Gasteiger partial charge in [0.15, 0.2) is 5.76 Å². The number of methoxy groups -OCH3 is 1. The maximum atomic E-state index is 12.5. The number of para-hydroxylation sites is 1. The highest BCUT2D eigenvalue weighted by molar-refractivity contribution is 7.89. The predicted octanol–water partition coefficient (Wildman–Crippen LogP) is 2.82. The summed E-state index contributed by atoms with van der Waals surface area (Å²) in [5, 5.41) is 6.34. The summed E-state index contributed by atoms with van der Waals surface area (Å²) in [6.07, 6.45) is 0. The van der Waals surface area contributed by atoms with Gasteiger partial charge in [-0.1, -0.05) is 17.3 Å². The van der Waals surface area contributed by atoms with Gasteiger partial charge in [-0.25, -0.2) is 13.2 Å². The second-order valence-electron chi connectivity index (χ2n) is 7.10. The number of ether oxygens (including phenoxy) is 2. The fraction of sp³-hybridized carbons (Fsp3) is 0.227. The molecule has 0 saturated carbocycles. The van der Waals surface area contributed by atoms with Gasteiger partial charge in [-0.05, 0) is 57.2 Å². The quantitative estimate of drug-likeness (QED) is 0.376. The molecule has 2 N–H and O–H groups in total. The molecule has 10 nitrogen and oxygen atoms in total. The summed E-state index contributed by atoms with van der Waals surface area (Å²) in [5.74, 6) is -0.436. The lowest BCUT2D eigenvalue weighted by Gasteiger charge is -2.14. The fourth-order valence-corrected chi connectivity index (χ4v) is 4.56. The molecular formula is C22H23N3O7S. The highest BCUT2D eigenvalue weighted by Gasteiger charge is 2.29. The molecule has 2 aromatic carbocycles. The van der Waals surface area contributed by atoms with Crippen molar-refractivity contribution >= 4 is 27.6 Å². The van der Waals surface area contributed by atoms with E-state index in [1.165, 1.54) is 40.0 Å². The second-order valence-corrected chi connectivity index (χ2v) is 8.75. The van der Waals surface area contributed by atoms with E-state index in [0.717, 1.165) is 0 Å². The van der Waals surface area contributed by atoms with E-state index in [9.17, 15) is 18.0 Å². The summed E-state index contributed by atoms with van der Waals surface area (Å²) in [7, 11) is -2.56. The molecule has 0 aliphatic heterocycles. The third kappa shape index (κ3) is 5.57. The average Bonchev–Trinajstić information content (AvgIpc) is 3.13. The molecule has 0 aliphatic carbocycles. The first kappa shape index (κ1) is 24.0. The second kappa shape index (κ2) is 9.84. The summed E-state index contributed by atoms with van der Waals surface area (Å²) in [6, 6.07) is 11.7. The van der Waals surface area contributed by atoms with Crippen LogP contribution in [0.4, 0.5) is 5.69 Å². The van der Waals surface area contributed by atoms with Gasteiger partial charge >= 0.3 is 5.97 Å². The van der Waals surface area contributed by atoms with Crippen molar-refractivity contribution < 1.29 is 32.0 Å². The number of carbonyl (C=O) groups is 2. The maximum absolute atomic E-state index is 12.5. The molecule has 1 atom stereocenters. The number of amides is 1. The zero-order valence-corrected chi connectivity index (χ0v) is 19.2. The number of hydrogen-bond donors (Lipinski definition) is 2. The van der Waals surface area contributed by atoms with Crippen LogP contribution in [0.1, 0.15) is 28.7 Å². The van der Waals surface area contributed by atoms with Crippen molar-refractivity contribution in [1.82, 2.24) is 9.88 Å². The van der Waals surface area contributed by atoms with E-state index in [0.29, 0.717) is 17.0 Å². The van der Waals surface area contributed by atoms with E-state index >= 15 is 0 Å². The number of carbonyl (C=O) groups excluding carboxylic acids is 2. The van der Waals surface area contributed by atoms with E-state index < -0.39 is 22.0 Å². The molecule has 1 aromatic heterocycles. The van der Waals surface area contributed by atoms with Crippen LogP contribution in [0.3, 0.4) is 0 Å². The van der Waals surface area contributed by atoms with Crippen molar-refractivity contribution in [3.63, 3.8) is 0 Å². The Morgan fingerprint density at radius 2 is 1.73 bits per heavy atom. The van der Waals surface area contributed by atoms with Crippen LogP contribution in [-0.2, 0) is 14.8 Å². The zero-order chi connectivity index (χ0) is 24.2. The minimum absolute atomic E-state index is 0.114. The van der Waals surface area contributed by atoms with E-state index in [1.807, 2.05) is 0 Å². The zero-order valence-electron chi connectivity index (χ0n) is 18.4. The minimum atomic E-state index is -4.03. The van der Waals surface area contributed by atoms with Gasteiger partial charge in [0.2, 0.25) is 10.0 Å². The molecule has 0 unspecified atom stereocenters. The van der Waals surface area contributed by atoms with Gasteiger partial charge < -0.3 is 19.3 Å². The van der Waals surface area contributed by atoms with Crippen molar-refractivity contribution in [1.29, 1.82) is 0 Å². The van der Waals surface area contributed by atoms with E-state index in [2.05, 4.69) is 15.2 Å². The topological polar surface area (TPSA) is 137 Å². The Hall–Kier alpha value is -3.70. The summed E-state index contributed by atoms with van der Waals surface area (Å²) in [5.41, 5.74) is 1.03. The molecule has 0 radical (unpaired) electrons. The first-order chi connectivity index (χ1) is 15.6. The number of esters is 1. The number of nitrogens with zero attached hydrogens (tertiary/aromatic N) is 1. The number of rotatable bonds is 8. The van der Waals surface area contributed by atoms with Gasteiger partial charge in [-0.3, -0.25) is 4.79 Å². The number of hydrogen-bond acceptors (Lipinski definition) is 8. The number of aromatic nitrogens is 1. The van der Waals surface area contributed by atoms with Gasteiger partial charge in [-0.2, -0.15) is 4.72 Å². The Morgan fingerprint density at radius 1 is 1.06 bits per heavy atom. The van der Waals surface area contributed by atoms with Crippen LogP contribution in [-0.4, -0.2) is 38.6 Å². The third-order valence-corrected chi connectivity index (χ3v) is 6.39. The largest absolute Gasteiger partial charge is 0.496 e. The number of aryl methyl sites for hydroxylation is 2. The molecule has 0 fully saturated rings. The Kier molecular flexibility index (Phi) is 7.14. The Bertz CT molecular complexity index is 1250. The molecule has 0 saturated heterocycles. The highest BCUT2D eigenvalue weighted by atomic mass is 32.2. The summed E-state index contributed by atoms with van der Waals surface area (Å²) in [4.78, 5) is 24.7. The minimum Gasteiger partial charge on any atom is -0.496 e. The molecular weight excluding hydrogens is 450 g/mol. The smallest absolute Gasteiger partial charge is 0.329 e. The Balaban J connectivity index is 1.62. The van der Waals surface area contributed by atoms with Gasteiger partial charge in [-0.15, -0.1) is 0 Å². The lowest BCUT2D eigenvalue weighted by atomic mass is 10.2.